The molecule has 2 N–H and O–H groups in total. The molecule has 0 fully saturated rings. The van der Waals surface area contributed by atoms with Crippen LogP contribution in [0.1, 0.15) is 11.1 Å². The molecule has 0 spiro atoms. The van der Waals surface area contributed by atoms with E-state index in [4.69, 9.17) is 4.65 Å². The molecule has 0 unspecified atom stereocenters. The van der Waals surface area contributed by atoms with Gasteiger partial charge in [0, 0.05) is 23.7 Å². The lowest BCUT2D eigenvalue weighted by Crippen LogP contribution is -2.16. The van der Waals surface area contributed by atoms with Gasteiger partial charge in [-0.15, -0.1) is 6.58 Å². The van der Waals surface area contributed by atoms with E-state index in [1.165, 1.54) is 11.1 Å². The number of anilines is 1. The van der Waals surface area contributed by atoms with Crippen LogP contribution in [0.5, 0.6) is 5.75 Å². The normalized spacial score (nSPS) is 10.5. The van der Waals surface area contributed by atoms with E-state index in [0.29, 0.717) is 5.75 Å². The Morgan fingerprint density at radius 3 is 2.44 bits per heavy atom. The summed E-state index contributed by atoms with van der Waals surface area (Å²) in [6, 6.07) is 20.3. The molecule has 3 aromatic rings. The summed E-state index contributed by atoms with van der Waals surface area (Å²) in [6.45, 7) is 6.23. The van der Waals surface area contributed by atoms with Crippen molar-refractivity contribution in [1.82, 2.24) is 0 Å². The highest BCUT2D eigenvalue weighted by Crippen LogP contribution is 2.35. The maximum Gasteiger partial charge on any atom is 0.519 e. The van der Waals surface area contributed by atoms with Gasteiger partial charge in [-0.1, -0.05) is 60.7 Å². The number of hydrogen-bond acceptors (Lipinski definition) is 3. The second kappa shape index (κ2) is 7.91. The lowest BCUT2D eigenvalue weighted by Gasteiger charge is -2.18. The number of nitrogens with one attached hydrogen (secondary N) is 1. The first-order valence-electron chi connectivity index (χ1n) is 8.47. The van der Waals surface area contributed by atoms with E-state index in [9.17, 15) is 5.02 Å². The Labute approximate surface area is 149 Å². The van der Waals surface area contributed by atoms with Crippen LogP contribution in [0.25, 0.3) is 10.8 Å². The van der Waals surface area contributed by atoms with Crippen molar-refractivity contribution in [3.8, 4) is 5.75 Å². The van der Waals surface area contributed by atoms with Gasteiger partial charge < -0.3 is 15.0 Å². The van der Waals surface area contributed by atoms with E-state index in [1.54, 1.807) is 6.82 Å². The van der Waals surface area contributed by atoms with E-state index >= 15 is 0 Å². The first kappa shape index (κ1) is 17.1. The summed E-state index contributed by atoms with van der Waals surface area (Å²) in [5.74, 6) is 0.675. The quantitative estimate of drug-likeness (QED) is 0.488. The molecular formula is C21H22BNO2. The number of fused-ring (bicyclic) bond motifs is 1. The largest absolute Gasteiger partial charge is 0.536 e. The summed E-state index contributed by atoms with van der Waals surface area (Å²) in [5.41, 5.74) is 3.38. The minimum absolute atomic E-state index is 0.675. The van der Waals surface area contributed by atoms with Crippen molar-refractivity contribution in [2.24, 2.45) is 0 Å². The molecule has 126 valence electrons. The summed E-state index contributed by atoms with van der Waals surface area (Å²) < 4.78 is 5.64. The van der Waals surface area contributed by atoms with Crippen LogP contribution in [0.2, 0.25) is 6.82 Å². The zero-order valence-electron chi connectivity index (χ0n) is 14.4. The van der Waals surface area contributed by atoms with Gasteiger partial charge in [0.1, 0.15) is 5.75 Å². The Morgan fingerprint density at radius 1 is 1.08 bits per heavy atom. The first-order valence-corrected chi connectivity index (χ1v) is 8.47. The van der Waals surface area contributed by atoms with Crippen LogP contribution in [0.15, 0.2) is 73.3 Å². The fraction of sp³-hybridized carbons (Fsp3) is 0.143. The van der Waals surface area contributed by atoms with Crippen molar-refractivity contribution in [2.75, 3.05) is 5.32 Å². The van der Waals surface area contributed by atoms with Crippen molar-refractivity contribution >= 4 is 23.6 Å². The molecule has 0 bridgehead atoms. The number of hydrogen-bond donors (Lipinski definition) is 2. The molecule has 3 rings (SSSR count). The third-order valence-electron chi connectivity index (χ3n) is 4.09. The Balaban J connectivity index is 2.05. The average molecular weight is 331 g/mol. The van der Waals surface area contributed by atoms with Crippen molar-refractivity contribution in [3.63, 3.8) is 0 Å². The van der Waals surface area contributed by atoms with Crippen molar-refractivity contribution in [2.45, 2.75) is 19.8 Å². The summed E-state index contributed by atoms with van der Waals surface area (Å²) in [5, 5.41) is 15.3. The number of allylic oxidation sites excluding steroid dienone is 1. The van der Waals surface area contributed by atoms with Crippen LogP contribution < -0.4 is 9.97 Å². The highest BCUT2D eigenvalue weighted by Gasteiger charge is 2.15. The zero-order chi connectivity index (χ0) is 17.6. The average Bonchev–Trinajstić information content (AvgIpc) is 2.63. The minimum Gasteiger partial charge on any atom is -0.536 e. The van der Waals surface area contributed by atoms with Crippen LogP contribution in [0.3, 0.4) is 0 Å². The van der Waals surface area contributed by atoms with Gasteiger partial charge in [0.05, 0.1) is 0 Å². The summed E-state index contributed by atoms with van der Waals surface area (Å²) in [4.78, 5) is 0. The molecule has 0 aliphatic heterocycles. The maximum atomic E-state index is 9.68. The van der Waals surface area contributed by atoms with E-state index in [-0.39, 0.29) is 0 Å². The SMILES string of the molecule is C=CCc1c(NCc2ccccc2)cc(OB(C)O)c2ccccc12. The predicted molar refractivity (Wildman–Crippen MR) is 106 cm³/mol. The lowest BCUT2D eigenvalue weighted by molar-refractivity contribution is 0.427. The summed E-state index contributed by atoms with van der Waals surface area (Å²) >= 11 is 0. The fourth-order valence-electron chi connectivity index (χ4n) is 3.00. The summed E-state index contributed by atoms with van der Waals surface area (Å²) in [6.07, 6.45) is 2.66. The molecule has 0 heterocycles. The topological polar surface area (TPSA) is 41.5 Å². The van der Waals surface area contributed by atoms with E-state index in [2.05, 4.69) is 30.1 Å². The highest BCUT2D eigenvalue weighted by molar-refractivity contribution is 6.42. The molecule has 25 heavy (non-hydrogen) atoms. The molecule has 4 heteroatoms. The van der Waals surface area contributed by atoms with Gasteiger partial charge >= 0.3 is 7.12 Å². The van der Waals surface area contributed by atoms with Gasteiger partial charge in [0.25, 0.3) is 0 Å². The highest BCUT2D eigenvalue weighted by atomic mass is 16.5. The number of benzene rings is 3. The van der Waals surface area contributed by atoms with Crippen LogP contribution in [0.4, 0.5) is 5.69 Å². The van der Waals surface area contributed by atoms with Gasteiger partial charge in [0.2, 0.25) is 0 Å². The smallest absolute Gasteiger partial charge is 0.519 e. The van der Waals surface area contributed by atoms with Crippen LogP contribution in [-0.4, -0.2) is 12.1 Å². The molecular weight excluding hydrogens is 309 g/mol. The zero-order valence-corrected chi connectivity index (χ0v) is 14.4. The maximum absolute atomic E-state index is 9.68. The molecule has 3 aromatic carbocycles. The molecule has 0 saturated carbocycles. The van der Waals surface area contributed by atoms with Gasteiger partial charge in [-0.3, -0.25) is 0 Å². The second-order valence-corrected chi connectivity index (χ2v) is 6.00. The Hall–Kier alpha value is -2.72. The van der Waals surface area contributed by atoms with Crippen molar-refractivity contribution < 1.29 is 9.68 Å². The molecule has 0 amide bonds. The number of rotatable bonds is 7. The predicted octanol–water partition coefficient (Wildman–Crippen LogP) is 4.67. The van der Waals surface area contributed by atoms with Gasteiger partial charge in [-0.25, -0.2) is 0 Å². The Kier molecular flexibility index (Phi) is 5.41. The monoisotopic (exact) mass is 331 g/mol. The molecule has 0 saturated heterocycles. The fourth-order valence-corrected chi connectivity index (χ4v) is 3.00. The third-order valence-corrected chi connectivity index (χ3v) is 4.09. The molecule has 3 nitrogen and oxygen atoms in total. The Bertz CT molecular complexity index is 862. The lowest BCUT2D eigenvalue weighted by atomic mass is 9.94. The molecule has 0 aromatic heterocycles. The molecule has 0 atom stereocenters. The minimum atomic E-state index is -0.865. The Morgan fingerprint density at radius 2 is 1.76 bits per heavy atom. The van der Waals surface area contributed by atoms with Crippen LogP contribution in [-0.2, 0) is 13.0 Å². The van der Waals surface area contributed by atoms with Gasteiger partial charge in [-0.05, 0) is 29.8 Å². The third kappa shape index (κ3) is 4.04. The van der Waals surface area contributed by atoms with Crippen LogP contribution >= 0.6 is 0 Å². The van der Waals surface area contributed by atoms with Gasteiger partial charge in [-0.2, -0.15) is 0 Å². The van der Waals surface area contributed by atoms with E-state index in [1.807, 2.05) is 48.5 Å². The van der Waals surface area contributed by atoms with E-state index in [0.717, 1.165) is 29.4 Å². The second-order valence-electron chi connectivity index (χ2n) is 6.00. The molecule has 0 radical (unpaired) electrons. The summed E-state index contributed by atoms with van der Waals surface area (Å²) in [7, 11) is -0.865. The first-order chi connectivity index (χ1) is 12.2. The van der Waals surface area contributed by atoms with Crippen LogP contribution in [0, 0.1) is 0 Å². The van der Waals surface area contributed by atoms with Gasteiger partial charge in [0.15, 0.2) is 0 Å². The molecule has 0 aliphatic carbocycles. The van der Waals surface area contributed by atoms with Crippen molar-refractivity contribution in [3.05, 3.63) is 84.4 Å². The van der Waals surface area contributed by atoms with Crippen molar-refractivity contribution in [1.29, 1.82) is 0 Å². The standard InChI is InChI=1S/C21H22BNO2/c1-3-9-18-17-12-7-8-13-19(17)21(25-22(2)24)14-20(18)23-15-16-10-5-4-6-11-16/h3-8,10-14,23-24H,1,9,15H2,2H3. The van der Waals surface area contributed by atoms with E-state index < -0.39 is 7.12 Å². The molecule has 0 aliphatic rings.